The summed E-state index contributed by atoms with van der Waals surface area (Å²) >= 11 is 0. The van der Waals surface area contributed by atoms with E-state index >= 15 is 0 Å². The predicted molar refractivity (Wildman–Crippen MR) is 88.8 cm³/mol. The second-order valence-electron chi connectivity index (χ2n) is 5.66. The summed E-state index contributed by atoms with van der Waals surface area (Å²) in [5, 5.41) is 4.59. The predicted octanol–water partition coefficient (Wildman–Crippen LogP) is 0.117. The molecule has 0 aromatic heterocycles. The molecule has 144 valence electrons. The number of carbonyl (C=O) groups excluding carboxylic acids is 2. The van der Waals surface area contributed by atoms with E-state index in [2.05, 4.69) is 10.6 Å². The molecule has 1 fully saturated rings. The molecule has 1 aliphatic rings. The van der Waals surface area contributed by atoms with E-state index in [0.29, 0.717) is 12.6 Å². The van der Waals surface area contributed by atoms with E-state index in [9.17, 15) is 26.8 Å². The summed E-state index contributed by atoms with van der Waals surface area (Å²) in [5.74, 6) is -2.50. The summed E-state index contributed by atoms with van der Waals surface area (Å²) in [6.07, 6.45) is 0. The molecular weight excluding hydrogens is 370 g/mol. The van der Waals surface area contributed by atoms with Gasteiger partial charge in [0.05, 0.1) is 6.54 Å². The quantitative estimate of drug-likeness (QED) is 0.744. The number of amides is 3. The van der Waals surface area contributed by atoms with Gasteiger partial charge in [0, 0.05) is 38.8 Å². The first-order valence-electron chi connectivity index (χ1n) is 7.99. The number of piperazine rings is 1. The first kappa shape index (κ1) is 20.2. The lowest BCUT2D eigenvalue weighted by atomic mass is 10.3. The van der Waals surface area contributed by atoms with E-state index < -0.39 is 38.5 Å². The Bertz CT molecular complexity index is 780. The number of carbonyl (C=O) groups is 2. The summed E-state index contributed by atoms with van der Waals surface area (Å²) in [5.41, 5.74) is 0. The molecule has 26 heavy (non-hydrogen) atoms. The van der Waals surface area contributed by atoms with E-state index in [4.69, 9.17) is 0 Å². The van der Waals surface area contributed by atoms with Crippen molar-refractivity contribution in [2.24, 2.45) is 0 Å². The third kappa shape index (κ3) is 4.96. The van der Waals surface area contributed by atoms with Crippen LogP contribution in [0.3, 0.4) is 0 Å². The number of imide groups is 1. The van der Waals surface area contributed by atoms with Crippen molar-refractivity contribution in [1.82, 2.24) is 19.8 Å². The fourth-order valence-electron chi connectivity index (χ4n) is 2.53. The van der Waals surface area contributed by atoms with E-state index in [1.165, 1.54) is 0 Å². The zero-order valence-electron chi connectivity index (χ0n) is 14.2. The average Bonchev–Trinajstić information content (AvgIpc) is 2.55. The summed E-state index contributed by atoms with van der Waals surface area (Å²) in [6.45, 7) is 2.62. The van der Waals surface area contributed by atoms with Gasteiger partial charge >= 0.3 is 6.03 Å². The first-order valence-corrected chi connectivity index (χ1v) is 9.43. The molecule has 11 heteroatoms. The molecule has 0 spiro atoms. The Labute approximate surface area is 150 Å². The maximum atomic E-state index is 13.8. The highest BCUT2D eigenvalue weighted by Gasteiger charge is 2.31. The van der Waals surface area contributed by atoms with Crippen LogP contribution in [-0.2, 0) is 14.8 Å². The van der Waals surface area contributed by atoms with Crippen molar-refractivity contribution in [2.75, 3.05) is 39.3 Å². The lowest BCUT2D eigenvalue weighted by molar-refractivity contribution is -0.121. The van der Waals surface area contributed by atoms with E-state index in [1.807, 2.05) is 0 Å². The Morgan fingerprint density at radius 1 is 1.15 bits per heavy atom. The van der Waals surface area contributed by atoms with Crippen LogP contribution in [0.2, 0.25) is 0 Å². The second kappa shape index (κ2) is 8.52. The summed E-state index contributed by atoms with van der Waals surface area (Å²) in [6, 6.07) is 1.71. The number of urea groups is 1. The maximum Gasteiger partial charge on any atom is 0.321 e. The molecule has 1 aromatic carbocycles. The number of hydrogen-bond acceptors (Lipinski definition) is 5. The molecule has 1 aromatic rings. The number of benzene rings is 1. The third-order valence-electron chi connectivity index (χ3n) is 3.80. The molecule has 0 radical (unpaired) electrons. The number of halogens is 2. The fourth-order valence-corrected chi connectivity index (χ4v) is 3.99. The van der Waals surface area contributed by atoms with Crippen LogP contribution >= 0.6 is 0 Å². The normalized spacial score (nSPS) is 16.3. The number of nitrogens with one attached hydrogen (secondary N) is 2. The molecule has 1 heterocycles. The van der Waals surface area contributed by atoms with Crippen molar-refractivity contribution >= 4 is 22.0 Å². The maximum absolute atomic E-state index is 13.8. The minimum Gasteiger partial charge on any atom is -0.338 e. The zero-order valence-corrected chi connectivity index (χ0v) is 15.0. The van der Waals surface area contributed by atoms with Gasteiger partial charge in [0.25, 0.3) is 0 Å². The lowest BCUT2D eigenvalue weighted by Gasteiger charge is -2.33. The molecule has 8 nitrogen and oxygen atoms in total. The van der Waals surface area contributed by atoms with Gasteiger partial charge in [-0.25, -0.2) is 22.0 Å². The Kier molecular flexibility index (Phi) is 6.62. The van der Waals surface area contributed by atoms with E-state index in [0.717, 1.165) is 16.4 Å². The summed E-state index contributed by atoms with van der Waals surface area (Å²) in [4.78, 5) is 24.1. The van der Waals surface area contributed by atoms with Crippen molar-refractivity contribution in [3.63, 3.8) is 0 Å². The highest BCUT2D eigenvalue weighted by Crippen LogP contribution is 2.21. The van der Waals surface area contributed by atoms with Gasteiger partial charge in [0.15, 0.2) is 0 Å². The van der Waals surface area contributed by atoms with E-state index in [1.54, 1.807) is 11.8 Å². The van der Waals surface area contributed by atoms with E-state index in [-0.39, 0.29) is 32.7 Å². The molecule has 0 atom stereocenters. The molecule has 0 unspecified atom stereocenters. The van der Waals surface area contributed by atoms with Crippen LogP contribution in [0.15, 0.2) is 23.1 Å². The molecule has 0 aliphatic carbocycles. The highest BCUT2D eigenvalue weighted by molar-refractivity contribution is 7.89. The van der Waals surface area contributed by atoms with Crippen LogP contribution in [0.5, 0.6) is 0 Å². The van der Waals surface area contributed by atoms with Crippen molar-refractivity contribution in [2.45, 2.75) is 11.8 Å². The Morgan fingerprint density at radius 2 is 1.81 bits per heavy atom. The minimum atomic E-state index is -4.09. The van der Waals surface area contributed by atoms with Crippen LogP contribution in [0.25, 0.3) is 0 Å². The van der Waals surface area contributed by atoms with Gasteiger partial charge in [0.2, 0.25) is 15.9 Å². The molecular formula is C15H20F2N4O4S. The first-order chi connectivity index (χ1) is 12.2. The zero-order chi connectivity index (χ0) is 19.3. The number of sulfonamides is 1. The van der Waals surface area contributed by atoms with Gasteiger partial charge in [-0.3, -0.25) is 15.0 Å². The topological polar surface area (TPSA) is 98.8 Å². The van der Waals surface area contributed by atoms with Crippen LogP contribution < -0.4 is 10.6 Å². The second-order valence-corrected chi connectivity index (χ2v) is 7.57. The number of nitrogens with zero attached hydrogens (tertiary/aromatic N) is 2. The molecule has 3 amide bonds. The number of hydrogen-bond donors (Lipinski definition) is 2. The van der Waals surface area contributed by atoms with Crippen molar-refractivity contribution in [3.05, 3.63) is 29.8 Å². The Balaban J connectivity index is 1.93. The third-order valence-corrected chi connectivity index (χ3v) is 5.73. The fraction of sp³-hybridized carbons (Fsp3) is 0.467. The molecule has 0 bridgehead atoms. The van der Waals surface area contributed by atoms with Gasteiger partial charge in [-0.05, 0) is 19.1 Å². The molecule has 0 saturated carbocycles. The summed E-state index contributed by atoms with van der Waals surface area (Å²) < 4.78 is 52.8. The summed E-state index contributed by atoms with van der Waals surface area (Å²) in [7, 11) is -4.09. The lowest BCUT2D eigenvalue weighted by Crippen LogP contribution is -2.52. The van der Waals surface area contributed by atoms with Gasteiger partial charge < -0.3 is 5.32 Å². The van der Waals surface area contributed by atoms with Gasteiger partial charge in [-0.1, -0.05) is 0 Å². The van der Waals surface area contributed by atoms with Gasteiger partial charge in [-0.2, -0.15) is 4.31 Å². The van der Waals surface area contributed by atoms with Crippen LogP contribution in [0.1, 0.15) is 6.92 Å². The largest absolute Gasteiger partial charge is 0.338 e. The molecule has 1 aliphatic heterocycles. The monoisotopic (exact) mass is 390 g/mol. The van der Waals surface area contributed by atoms with Crippen molar-refractivity contribution < 1.29 is 26.8 Å². The molecule has 2 rings (SSSR count). The molecule has 1 saturated heterocycles. The van der Waals surface area contributed by atoms with Gasteiger partial charge in [0.1, 0.15) is 16.5 Å². The SMILES string of the molecule is CCNC(=O)NC(=O)CN1CCN(S(=O)(=O)c2ccc(F)cc2F)CC1. The Morgan fingerprint density at radius 3 is 2.38 bits per heavy atom. The van der Waals surface area contributed by atoms with Crippen molar-refractivity contribution in [1.29, 1.82) is 0 Å². The van der Waals surface area contributed by atoms with Crippen LogP contribution in [-0.4, -0.2) is 68.8 Å². The average molecular weight is 390 g/mol. The van der Waals surface area contributed by atoms with Crippen LogP contribution in [0, 0.1) is 11.6 Å². The van der Waals surface area contributed by atoms with Gasteiger partial charge in [-0.15, -0.1) is 0 Å². The van der Waals surface area contributed by atoms with Crippen molar-refractivity contribution in [3.8, 4) is 0 Å². The molecule has 2 N–H and O–H groups in total. The Hall–Kier alpha value is -2.11. The smallest absolute Gasteiger partial charge is 0.321 e. The van der Waals surface area contributed by atoms with Crippen LogP contribution in [0.4, 0.5) is 13.6 Å². The standard InChI is InChI=1S/C15H20F2N4O4S/c1-2-18-15(23)19-14(22)10-20-5-7-21(8-6-20)26(24,25)13-4-3-11(16)9-12(13)17/h3-4,9H,2,5-8,10H2,1H3,(H2,18,19,22,23). The minimum absolute atomic E-state index is 0.0492. The highest BCUT2D eigenvalue weighted by atomic mass is 32.2. The number of rotatable bonds is 5.